The summed E-state index contributed by atoms with van der Waals surface area (Å²) in [6.45, 7) is 4.50. The number of halogens is 1. The van der Waals surface area contributed by atoms with Gasteiger partial charge in [0.15, 0.2) is 5.78 Å². The van der Waals surface area contributed by atoms with Crippen molar-refractivity contribution in [1.29, 1.82) is 0 Å². The van der Waals surface area contributed by atoms with Gasteiger partial charge in [-0.3, -0.25) is 9.59 Å². The molecule has 0 rings (SSSR count). The van der Waals surface area contributed by atoms with E-state index in [1.54, 1.807) is 0 Å². The lowest BCUT2D eigenvalue weighted by molar-refractivity contribution is -0.121. The van der Waals surface area contributed by atoms with Gasteiger partial charge in [-0.2, -0.15) is 0 Å². The SMILES string of the molecule is CC(C)(C)OC(CC(N)=O)SCC(=O)CF. The highest BCUT2D eigenvalue weighted by molar-refractivity contribution is 8.00. The number of Topliss-reactive ketones (excluding diaryl/α,β-unsaturated/α-hetero) is 1. The van der Waals surface area contributed by atoms with E-state index in [0.29, 0.717) is 0 Å². The Morgan fingerprint density at radius 2 is 2.00 bits per heavy atom. The molecule has 4 nitrogen and oxygen atoms in total. The Labute approximate surface area is 99.1 Å². The van der Waals surface area contributed by atoms with Crippen LogP contribution in [0.25, 0.3) is 0 Å². The molecule has 0 aliphatic rings. The first-order chi connectivity index (χ1) is 7.24. The Kier molecular flexibility index (Phi) is 6.59. The highest BCUT2D eigenvalue weighted by Gasteiger charge is 2.21. The third-order valence-corrected chi connectivity index (χ3v) is 2.56. The van der Waals surface area contributed by atoms with E-state index in [1.807, 2.05) is 20.8 Å². The number of nitrogens with two attached hydrogens (primary N) is 1. The number of rotatable bonds is 7. The number of carbonyl (C=O) groups is 2. The predicted molar refractivity (Wildman–Crippen MR) is 61.9 cm³/mol. The number of amides is 1. The molecule has 0 bridgehead atoms. The molecule has 0 spiro atoms. The van der Waals surface area contributed by atoms with Crippen molar-refractivity contribution >= 4 is 23.5 Å². The molecule has 0 aromatic heterocycles. The molecule has 1 atom stereocenters. The normalized spacial score (nSPS) is 13.5. The molecule has 94 valence electrons. The number of thioether (sulfide) groups is 1. The number of ether oxygens (including phenoxy) is 1. The number of alkyl halides is 1. The second-order valence-corrected chi connectivity index (χ2v) is 5.46. The monoisotopic (exact) mass is 251 g/mol. The minimum atomic E-state index is -0.994. The summed E-state index contributed by atoms with van der Waals surface area (Å²) in [5.74, 6) is -1.03. The molecule has 0 saturated heterocycles. The quantitative estimate of drug-likeness (QED) is 0.692. The summed E-state index contributed by atoms with van der Waals surface area (Å²) in [4.78, 5) is 21.6. The third-order valence-electron chi connectivity index (χ3n) is 1.43. The van der Waals surface area contributed by atoms with Crippen LogP contribution < -0.4 is 5.73 Å². The highest BCUT2D eigenvalue weighted by Crippen LogP contribution is 2.22. The summed E-state index contributed by atoms with van der Waals surface area (Å²) in [5, 5.41) is 0. The van der Waals surface area contributed by atoms with Gasteiger partial charge in [0, 0.05) is 0 Å². The van der Waals surface area contributed by atoms with Crippen LogP contribution in [0.5, 0.6) is 0 Å². The summed E-state index contributed by atoms with van der Waals surface area (Å²) in [6, 6.07) is 0. The van der Waals surface area contributed by atoms with Crippen molar-refractivity contribution in [3.63, 3.8) is 0 Å². The zero-order valence-corrected chi connectivity index (χ0v) is 10.6. The van der Waals surface area contributed by atoms with Gasteiger partial charge in [0.1, 0.15) is 12.1 Å². The fraction of sp³-hybridized carbons (Fsp3) is 0.800. The Bertz CT molecular complexity index is 253. The third kappa shape index (κ3) is 8.67. The zero-order valence-electron chi connectivity index (χ0n) is 9.79. The maximum atomic E-state index is 11.9. The standard InChI is InChI=1S/C10H18FNO3S/c1-10(2,3)15-9(4-8(12)14)16-6-7(13)5-11/h9H,4-6H2,1-3H3,(H2,12,14). The van der Waals surface area contributed by atoms with Crippen molar-refractivity contribution in [2.24, 2.45) is 5.73 Å². The smallest absolute Gasteiger partial charge is 0.220 e. The van der Waals surface area contributed by atoms with Gasteiger partial charge in [-0.25, -0.2) is 4.39 Å². The van der Waals surface area contributed by atoms with E-state index in [9.17, 15) is 14.0 Å². The molecule has 1 amide bonds. The van der Waals surface area contributed by atoms with Crippen molar-refractivity contribution in [1.82, 2.24) is 0 Å². The van der Waals surface area contributed by atoms with Crippen LogP contribution in [0.15, 0.2) is 0 Å². The minimum Gasteiger partial charge on any atom is -0.370 e. The van der Waals surface area contributed by atoms with E-state index in [-0.39, 0.29) is 12.2 Å². The van der Waals surface area contributed by atoms with E-state index in [2.05, 4.69) is 0 Å². The number of ketones is 1. The maximum Gasteiger partial charge on any atom is 0.220 e. The molecule has 0 aromatic carbocycles. The fourth-order valence-corrected chi connectivity index (χ4v) is 2.01. The Hall–Kier alpha value is -0.620. The number of hydrogen-bond donors (Lipinski definition) is 1. The maximum absolute atomic E-state index is 11.9. The molecule has 0 radical (unpaired) electrons. The molecule has 16 heavy (non-hydrogen) atoms. The van der Waals surface area contributed by atoms with E-state index in [4.69, 9.17) is 10.5 Å². The van der Waals surface area contributed by atoms with Crippen LogP contribution in [0.2, 0.25) is 0 Å². The average molecular weight is 251 g/mol. The molecular formula is C10H18FNO3S. The molecule has 0 fully saturated rings. The Morgan fingerprint density at radius 1 is 1.44 bits per heavy atom. The average Bonchev–Trinajstić information content (AvgIpc) is 2.10. The van der Waals surface area contributed by atoms with Crippen molar-refractivity contribution in [3.05, 3.63) is 0 Å². The molecule has 0 saturated carbocycles. The molecule has 0 aliphatic heterocycles. The van der Waals surface area contributed by atoms with Crippen molar-refractivity contribution in [2.45, 2.75) is 38.2 Å². The summed E-state index contributed by atoms with van der Waals surface area (Å²) in [7, 11) is 0. The van der Waals surface area contributed by atoms with E-state index in [1.165, 1.54) is 0 Å². The van der Waals surface area contributed by atoms with Gasteiger partial charge in [0.25, 0.3) is 0 Å². The molecule has 6 heteroatoms. The van der Waals surface area contributed by atoms with Crippen molar-refractivity contribution in [2.75, 3.05) is 12.4 Å². The number of carbonyl (C=O) groups excluding carboxylic acids is 2. The van der Waals surface area contributed by atoms with Crippen molar-refractivity contribution in [3.8, 4) is 0 Å². The van der Waals surface area contributed by atoms with Crippen LogP contribution in [0, 0.1) is 0 Å². The van der Waals surface area contributed by atoms with Gasteiger partial charge >= 0.3 is 0 Å². The minimum absolute atomic E-state index is 0.00940. The molecule has 0 aromatic rings. The molecule has 2 N–H and O–H groups in total. The lowest BCUT2D eigenvalue weighted by Gasteiger charge is -2.26. The van der Waals surface area contributed by atoms with Crippen LogP contribution in [-0.2, 0) is 14.3 Å². The lowest BCUT2D eigenvalue weighted by atomic mass is 10.2. The van der Waals surface area contributed by atoms with E-state index < -0.39 is 29.4 Å². The topological polar surface area (TPSA) is 69.4 Å². The first-order valence-electron chi connectivity index (χ1n) is 4.90. The molecule has 1 unspecified atom stereocenters. The molecule has 0 heterocycles. The summed E-state index contributed by atoms with van der Waals surface area (Å²) in [6.07, 6.45) is 0.0154. The second kappa shape index (κ2) is 6.85. The van der Waals surface area contributed by atoms with Crippen LogP contribution in [0.1, 0.15) is 27.2 Å². The van der Waals surface area contributed by atoms with Crippen molar-refractivity contribution < 1.29 is 18.7 Å². The fourth-order valence-electron chi connectivity index (χ4n) is 0.918. The predicted octanol–water partition coefficient (Wildman–Crippen LogP) is 1.27. The first kappa shape index (κ1) is 15.4. The van der Waals surface area contributed by atoms with Gasteiger partial charge in [-0.05, 0) is 20.8 Å². The Balaban J connectivity index is 4.21. The van der Waals surface area contributed by atoms with Gasteiger partial charge in [-0.1, -0.05) is 0 Å². The molecular weight excluding hydrogens is 233 g/mol. The largest absolute Gasteiger partial charge is 0.370 e. The van der Waals surface area contributed by atoms with Gasteiger partial charge in [0.2, 0.25) is 5.91 Å². The summed E-state index contributed by atoms with van der Waals surface area (Å²) < 4.78 is 17.5. The zero-order chi connectivity index (χ0) is 12.8. The van der Waals surface area contributed by atoms with Crippen LogP contribution in [0.4, 0.5) is 4.39 Å². The first-order valence-corrected chi connectivity index (χ1v) is 5.95. The number of primary amides is 1. The van der Waals surface area contributed by atoms with E-state index >= 15 is 0 Å². The number of hydrogen-bond acceptors (Lipinski definition) is 4. The van der Waals surface area contributed by atoms with Crippen LogP contribution >= 0.6 is 11.8 Å². The van der Waals surface area contributed by atoms with E-state index in [0.717, 1.165) is 11.8 Å². The van der Waals surface area contributed by atoms with Crippen LogP contribution in [-0.4, -0.2) is 35.2 Å². The lowest BCUT2D eigenvalue weighted by Crippen LogP contribution is -2.30. The van der Waals surface area contributed by atoms with Crippen LogP contribution in [0.3, 0.4) is 0 Å². The van der Waals surface area contributed by atoms with Gasteiger partial charge in [0.05, 0.1) is 17.8 Å². The van der Waals surface area contributed by atoms with Gasteiger partial charge < -0.3 is 10.5 Å². The summed E-state index contributed by atoms with van der Waals surface area (Å²) >= 11 is 1.10. The molecule has 0 aliphatic carbocycles. The summed E-state index contributed by atoms with van der Waals surface area (Å²) in [5.41, 5.74) is 4.11. The Morgan fingerprint density at radius 3 is 2.38 bits per heavy atom. The highest BCUT2D eigenvalue weighted by atomic mass is 32.2. The second-order valence-electron chi connectivity index (χ2n) is 4.31. The van der Waals surface area contributed by atoms with Gasteiger partial charge in [-0.15, -0.1) is 11.8 Å².